The zero-order valence-electron chi connectivity index (χ0n) is 12.7. The van der Waals surface area contributed by atoms with Crippen LogP contribution in [0, 0.1) is 0 Å². The molecule has 1 unspecified atom stereocenters. The van der Waals surface area contributed by atoms with E-state index in [0.29, 0.717) is 6.54 Å². The minimum absolute atomic E-state index is 0.230. The van der Waals surface area contributed by atoms with Gasteiger partial charge in [-0.2, -0.15) is 0 Å². The van der Waals surface area contributed by atoms with Gasteiger partial charge in [0.1, 0.15) is 5.76 Å². The van der Waals surface area contributed by atoms with Gasteiger partial charge in [0.15, 0.2) is 0 Å². The number of hydrogen-bond acceptors (Lipinski definition) is 3. The molecule has 1 atom stereocenters. The summed E-state index contributed by atoms with van der Waals surface area (Å²) < 4.78 is 5.59. The van der Waals surface area contributed by atoms with E-state index in [0.717, 1.165) is 31.8 Å². The number of carbonyl (C=O) groups excluding carboxylic acids is 1. The van der Waals surface area contributed by atoms with Crippen molar-refractivity contribution in [3.8, 4) is 0 Å². The lowest BCUT2D eigenvalue weighted by Gasteiger charge is -2.30. The largest absolute Gasteiger partial charge is 0.468 e. The lowest BCUT2D eigenvalue weighted by molar-refractivity contribution is -0.132. The van der Waals surface area contributed by atoms with Crippen LogP contribution in [0.4, 0.5) is 0 Å². The van der Waals surface area contributed by atoms with Gasteiger partial charge in [0.2, 0.25) is 5.91 Å². The molecule has 20 heavy (non-hydrogen) atoms. The van der Waals surface area contributed by atoms with Crippen LogP contribution in [0.3, 0.4) is 0 Å². The summed E-state index contributed by atoms with van der Waals surface area (Å²) in [6.07, 6.45) is 6.43. The van der Waals surface area contributed by atoms with Gasteiger partial charge in [-0.05, 0) is 45.4 Å². The fourth-order valence-electron chi connectivity index (χ4n) is 3.01. The third-order valence-corrected chi connectivity index (χ3v) is 4.19. The highest BCUT2D eigenvalue weighted by Gasteiger charge is 2.27. The van der Waals surface area contributed by atoms with Crippen LogP contribution in [0.25, 0.3) is 0 Å². The molecule has 4 nitrogen and oxygen atoms in total. The average molecular weight is 278 g/mol. The third kappa shape index (κ3) is 3.63. The van der Waals surface area contributed by atoms with Gasteiger partial charge in [-0.25, -0.2) is 0 Å². The monoisotopic (exact) mass is 278 g/mol. The molecule has 1 amide bonds. The van der Waals surface area contributed by atoms with Crippen molar-refractivity contribution in [2.45, 2.75) is 45.6 Å². The van der Waals surface area contributed by atoms with Crippen LogP contribution < -0.4 is 0 Å². The van der Waals surface area contributed by atoms with Crippen molar-refractivity contribution in [1.82, 2.24) is 9.80 Å². The molecular formula is C16H26N2O2. The number of nitrogens with zero attached hydrogens (tertiary/aromatic N) is 2. The number of amides is 1. The maximum Gasteiger partial charge on any atom is 0.236 e. The standard InChI is InChI=1S/C16H26N2O2/c1-3-17(4-2)16(19)13-18-11-7-5-6-9-14(18)15-10-8-12-20-15/h8,10,12,14H,3-7,9,11,13H2,1-2H3. The molecule has 2 heterocycles. The Balaban J connectivity index is 2.07. The van der Waals surface area contributed by atoms with Crippen molar-refractivity contribution in [2.24, 2.45) is 0 Å². The topological polar surface area (TPSA) is 36.7 Å². The van der Waals surface area contributed by atoms with Crippen molar-refractivity contribution in [3.05, 3.63) is 24.2 Å². The van der Waals surface area contributed by atoms with Crippen LogP contribution in [0.2, 0.25) is 0 Å². The second-order valence-electron chi connectivity index (χ2n) is 5.42. The predicted molar refractivity (Wildman–Crippen MR) is 79.4 cm³/mol. The average Bonchev–Trinajstić information content (AvgIpc) is 2.88. The summed E-state index contributed by atoms with van der Waals surface area (Å²) in [7, 11) is 0. The minimum Gasteiger partial charge on any atom is -0.468 e. The summed E-state index contributed by atoms with van der Waals surface area (Å²) in [6.45, 7) is 7.14. The second-order valence-corrected chi connectivity index (χ2v) is 5.42. The van der Waals surface area contributed by atoms with Gasteiger partial charge in [-0.15, -0.1) is 0 Å². The van der Waals surface area contributed by atoms with Gasteiger partial charge >= 0.3 is 0 Å². The first kappa shape index (κ1) is 15.1. The molecule has 4 heteroatoms. The Labute approximate surface area is 121 Å². The van der Waals surface area contributed by atoms with Gasteiger partial charge in [-0.3, -0.25) is 9.69 Å². The fraction of sp³-hybridized carbons (Fsp3) is 0.688. The highest BCUT2D eigenvalue weighted by molar-refractivity contribution is 5.78. The van der Waals surface area contributed by atoms with Crippen molar-refractivity contribution in [3.63, 3.8) is 0 Å². The maximum atomic E-state index is 12.4. The molecule has 0 N–H and O–H groups in total. The molecule has 0 saturated carbocycles. The molecule has 0 radical (unpaired) electrons. The molecule has 1 aromatic heterocycles. The van der Waals surface area contributed by atoms with Crippen LogP contribution in [0.5, 0.6) is 0 Å². The lowest BCUT2D eigenvalue weighted by atomic mass is 10.1. The van der Waals surface area contributed by atoms with E-state index in [1.54, 1.807) is 6.26 Å². The highest BCUT2D eigenvalue weighted by atomic mass is 16.3. The molecule has 0 spiro atoms. The van der Waals surface area contributed by atoms with Gasteiger partial charge in [0.05, 0.1) is 18.8 Å². The summed E-state index contributed by atoms with van der Waals surface area (Å²) in [4.78, 5) is 16.6. The Kier molecular flexibility index (Phi) is 5.65. The molecule has 2 rings (SSSR count). The van der Waals surface area contributed by atoms with Crippen molar-refractivity contribution in [1.29, 1.82) is 0 Å². The van der Waals surface area contributed by atoms with Crippen LogP contribution >= 0.6 is 0 Å². The molecule has 1 saturated heterocycles. The molecule has 112 valence electrons. The number of rotatable bonds is 5. The summed E-state index contributed by atoms with van der Waals surface area (Å²) >= 11 is 0. The van der Waals surface area contributed by atoms with Gasteiger partial charge in [-0.1, -0.05) is 12.8 Å². The SMILES string of the molecule is CCN(CC)C(=O)CN1CCCCCC1c1ccco1. The van der Waals surface area contributed by atoms with Gasteiger partial charge < -0.3 is 9.32 Å². The van der Waals surface area contributed by atoms with Gasteiger partial charge in [0, 0.05) is 13.1 Å². The van der Waals surface area contributed by atoms with E-state index in [1.807, 2.05) is 30.9 Å². The van der Waals surface area contributed by atoms with E-state index in [4.69, 9.17) is 4.42 Å². The van der Waals surface area contributed by atoms with Crippen molar-refractivity contribution < 1.29 is 9.21 Å². The lowest BCUT2D eigenvalue weighted by Crippen LogP contribution is -2.41. The molecule has 0 aromatic carbocycles. The third-order valence-electron chi connectivity index (χ3n) is 4.19. The van der Waals surface area contributed by atoms with E-state index in [1.165, 1.54) is 19.3 Å². The quantitative estimate of drug-likeness (QED) is 0.830. The number of likely N-dealkylation sites (tertiary alicyclic amines) is 1. The molecule has 1 aliphatic rings. The van der Waals surface area contributed by atoms with E-state index in [9.17, 15) is 4.79 Å². The summed E-state index contributed by atoms with van der Waals surface area (Å²) in [5.74, 6) is 1.23. The fourth-order valence-corrected chi connectivity index (χ4v) is 3.01. The zero-order valence-corrected chi connectivity index (χ0v) is 12.7. The number of hydrogen-bond donors (Lipinski definition) is 0. The minimum atomic E-state index is 0.230. The molecule has 1 aliphatic heterocycles. The molecule has 0 bridgehead atoms. The predicted octanol–water partition coefficient (Wildman–Crippen LogP) is 3.07. The summed E-state index contributed by atoms with van der Waals surface area (Å²) in [5.41, 5.74) is 0. The van der Waals surface area contributed by atoms with Crippen LogP contribution in [0.15, 0.2) is 22.8 Å². The Morgan fingerprint density at radius 1 is 1.35 bits per heavy atom. The van der Waals surface area contributed by atoms with E-state index in [-0.39, 0.29) is 11.9 Å². The maximum absolute atomic E-state index is 12.4. The molecule has 1 aromatic rings. The first-order valence-corrected chi connectivity index (χ1v) is 7.81. The van der Waals surface area contributed by atoms with E-state index < -0.39 is 0 Å². The van der Waals surface area contributed by atoms with Crippen LogP contribution in [0.1, 0.15) is 51.3 Å². The number of furan rings is 1. The van der Waals surface area contributed by atoms with Crippen molar-refractivity contribution >= 4 is 5.91 Å². The van der Waals surface area contributed by atoms with Crippen LogP contribution in [-0.4, -0.2) is 41.9 Å². The number of carbonyl (C=O) groups is 1. The Morgan fingerprint density at radius 3 is 2.80 bits per heavy atom. The smallest absolute Gasteiger partial charge is 0.236 e. The summed E-state index contributed by atoms with van der Waals surface area (Å²) in [5, 5.41) is 0. The zero-order chi connectivity index (χ0) is 14.4. The first-order valence-electron chi connectivity index (χ1n) is 7.81. The summed E-state index contributed by atoms with van der Waals surface area (Å²) in [6, 6.07) is 4.22. The normalized spacial score (nSPS) is 20.6. The van der Waals surface area contributed by atoms with E-state index in [2.05, 4.69) is 4.90 Å². The first-order chi connectivity index (χ1) is 9.76. The molecule has 0 aliphatic carbocycles. The van der Waals surface area contributed by atoms with Crippen LogP contribution in [-0.2, 0) is 4.79 Å². The Hall–Kier alpha value is -1.29. The second kappa shape index (κ2) is 7.48. The molecular weight excluding hydrogens is 252 g/mol. The molecule has 1 fully saturated rings. The Morgan fingerprint density at radius 2 is 2.15 bits per heavy atom. The van der Waals surface area contributed by atoms with Gasteiger partial charge in [0.25, 0.3) is 0 Å². The Bertz CT molecular complexity index is 399. The van der Waals surface area contributed by atoms with Crippen molar-refractivity contribution in [2.75, 3.05) is 26.2 Å². The van der Waals surface area contributed by atoms with E-state index >= 15 is 0 Å². The highest BCUT2D eigenvalue weighted by Crippen LogP contribution is 2.30. The number of likely N-dealkylation sites (N-methyl/N-ethyl adjacent to an activating group) is 1.